The highest BCUT2D eigenvalue weighted by molar-refractivity contribution is 7.90. The first-order valence-corrected chi connectivity index (χ1v) is 14.3. The van der Waals surface area contributed by atoms with Crippen LogP contribution in [-0.4, -0.2) is 44.5 Å². The number of benzene rings is 3. The van der Waals surface area contributed by atoms with Gasteiger partial charge in [-0.3, -0.25) is 9.59 Å². The summed E-state index contributed by atoms with van der Waals surface area (Å²) in [5.41, 5.74) is 2.62. The predicted molar refractivity (Wildman–Crippen MR) is 142 cm³/mol. The monoisotopic (exact) mass is 522 g/mol. The van der Waals surface area contributed by atoms with E-state index in [1.54, 1.807) is 4.90 Å². The van der Waals surface area contributed by atoms with Crippen molar-refractivity contribution in [3.8, 4) is 0 Å². The SMILES string of the molecule is CCC(C(=O)Nc1ccc(C2CCN(C(=O)c3cc(S(C)(=O)=O)ccc3F)CC2)cc1)c1ccccc1. The fourth-order valence-electron chi connectivity index (χ4n) is 4.81. The molecule has 1 heterocycles. The third-order valence-electron chi connectivity index (χ3n) is 6.95. The largest absolute Gasteiger partial charge is 0.339 e. The van der Waals surface area contributed by atoms with Gasteiger partial charge in [-0.25, -0.2) is 12.8 Å². The van der Waals surface area contributed by atoms with E-state index in [4.69, 9.17) is 0 Å². The Labute approximate surface area is 217 Å². The second-order valence-corrected chi connectivity index (χ2v) is 11.5. The van der Waals surface area contributed by atoms with E-state index in [1.807, 2.05) is 61.5 Å². The molecule has 0 spiro atoms. The Morgan fingerprint density at radius 3 is 2.24 bits per heavy atom. The summed E-state index contributed by atoms with van der Waals surface area (Å²) in [4.78, 5) is 27.3. The lowest BCUT2D eigenvalue weighted by molar-refractivity contribution is -0.117. The number of amides is 2. The molecule has 0 aromatic heterocycles. The summed E-state index contributed by atoms with van der Waals surface area (Å²) < 4.78 is 38.0. The molecule has 3 aromatic rings. The molecule has 1 N–H and O–H groups in total. The van der Waals surface area contributed by atoms with Crippen molar-refractivity contribution >= 4 is 27.3 Å². The topological polar surface area (TPSA) is 83.6 Å². The molecule has 1 saturated heterocycles. The molecule has 6 nitrogen and oxygen atoms in total. The fourth-order valence-corrected chi connectivity index (χ4v) is 5.46. The van der Waals surface area contributed by atoms with Gasteiger partial charge in [0.05, 0.1) is 16.4 Å². The third kappa shape index (κ3) is 6.25. The maximum Gasteiger partial charge on any atom is 0.256 e. The molecule has 194 valence electrons. The van der Waals surface area contributed by atoms with Crippen LogP contribution in [0.4, 0.5) is 10.1 Å². The lowest BCUT2D eigenvalue weighted by Crippen LogP contribution is -2.38. The van der Waals surface area contributed by atoms with E-state index < -0.39 is 21.6 Å². The molecule has 0 bridgehead atoms. The summed E-state index contributed by atoms with van der Waals surface area (Å²) in [6, 6.07) is 20.8. The van der Waals surface area contributed by atoms with E-state index in [2.05, 4.69) is 5.32 Å². The van der Waals surface area contributed by atoms with E-state index in [1.165, 1.54) is 6.07 Å². The van der Waals surface area contributed by atoms with Gasteiger partial charge in [0.2, 0.25) is 5.91 Å². The van der Waals surface area contributed by atoms with Gasteiger partial charge in [-0.05, 0) is 66.6 Å². The highest BCUT2D eigenvalue weighted by atomic mass is 32.2. The molecule has 0 aliphatic carbocycles. The fraction of sp³-hybridized carbons (Fsp3) is 0.310. The summed E-state index contributed by atoms with van der Waals surface area (Å²) in [6.45, 7) is 2.88. The number of anilines is 1. The van der Waals surface area contributed by atoms with Gasteiger partial charge in [0, 0.05) is 25.0 Å². The number of hydrogen-bond donors (Lipinski definition) is 1. The number of halogens is 1. The molecule has 1 aliphatic rings. The van der Waals surface area contributed by atoms with Crippen LogP contribution < -0.4 is 5.32 Å². The molecule has 4 rings (SSSR count). The molecule has 0 saturated carbocycles. The van der Waals surface area contributed by atoms with Crippen LogP contribution in [0.5, 0.6) is 0 Å². The van der Waals surface area contributed by atoms with Crippen molar-refractivity contribution in [2.24, 2.45) is 0 Å². The molecule has 0 radical (unpaired) electrons. The number of likely N-dealkylation sites (tertiary alicyclic amines) is 1. The van der Waals surface area contributed by atoms with Gasteiger partial charge in [-0.2, -0.15) is 0 Å². The maximum atomic E-state index is 14.3. The molecular formula is C29H31FN2O4S. The second-order valence-electron chi connectivity index (χ2n) is 9.46. The zero-order valence-corrected chi connectivity index (χ0v) is 21.8. The summed E-state index contributed by atoms with van der Waals surface area (Å²) >= 11 is 0. The van der Waals surface area contributed by atoms with E-state index in [0.717, 1.165) is 35.2 Å². The van der Waals surface area contributed by atoms with Crippen molar-refractivity contribution < 1.29 is 22.4 Å². The highest BCUT2D eigenvalue weighted by Gasteiger charge is 2.27. The quantitative estimate of drug-likeness (QED) is 0.422. The summed E-state index contributed by atoms with van der Waals surface area (Å²) in [5.74, 6) is -1.25. The van der Waals surface area contributed by atoms with E-state index >= 15 is 0 Å². The van der Waals surface area contributed by atoms with Crippen LogP contribution >= 0.6 is 0 Å². The average Bonchev–Trinajstić information content (AvgIpc) is 2.89. The van der Waals surface area contributed by atoms with Gasteiger partial charge in [0.15, 0.2) is 9.84 Å². The van der Waals surface area contributed by atoms with Crippen molar-refractivity contribution in [2.45, 2.75) is 42.9 Å². The molecule has 8 heteroatoms. The van der Waals surface area contributed by atoms with Crippen LogP contribution in [0.2, 0.25) is 0 Å². The first kappa shape index (κ1) is 26.5. The van der Waals surface area contributed by atoms with Crippen molar-refractivity contribution in [1.82, 2.24) is 4.90 Å². The summed E-state index contributed by atoms with van der Waals surface area (Å²) in [7, 11) is -3.55. The third-order valence-corrected chi connectivity index (χ3v) is 8.07. The van der Waals surface area contributed by atoms with Crippen LogP contribution in [-0.2, 0) is 14.6 Å². The molecule has 1 atom stereocenters. The summed E-state index contributed by atoms with van der Waals surface area (Å²) in [6.07, 6.45) is 3.14. The standard InChI is InChI=1S/C29H31FN2O4S/c1-3-25(22-7-5-4-6-8-22)28(33)31-23-11-9-20(10-12-23)21-15-17-32(18-16-21)29(34)26-19-24(37(2,35)36)13-14-27(26)30/h4-14,19,21,25H,3,15-18H2,1-2H3,(H,31,33). The van der Waals surface area contributed by atoms with Crippen molar-refractivity contribution in [1.29, 1.82) is 0 Å². The van der Waals surface area contributed by atoms with Crippen LogP contribution in [0, 0.1) is 5.82 Å². The summed E-state index contributed by atoms with van der Waals surface area (Å²) in [5, 5.41) is 3.01. The first-order valence-electron chi connectivity index (χ1n) is 12.4. The van der Waals surface area contributed by atoms with E-state index in [-0.39, 0.29) is 28.2 Å². The normalized spacial score (nSPS) is 15.3. The minimum Gasteiger partial charge on any atom is -0.339 e. The average molecular weight is 523 g/mol. The lowest BCUT2D eigenvalue weighted by Gasteiger charge is -2.32. The van der Waals surface area contributed by atoms with Gasteiger partial charge in [-0.1, -0.05) is 49.4 Å². The molecule has 3 aromatic carbocycles. The number of carbonyl (C=O) groups is 2. The Kier molecular flexibility index (Phi) is 8.07. The second kappa shape index (κ2) is 11.3. The zero-order valence-electron chi connectivity index (χ0n) is 21.0. The van der Waals surface area contributed by atoms with Crippen molar-refractivity contribution in [3.05, 3.63) is 95.3 Å². The van der Waals surface area contributed by atoms with Gasteiger partial charge in [0.25, 0.3) is 5.91 Å². The van der Waals surface area contributed by atoms with Gasteiger partial charge in [0.1, 0.15) is 5.82 Å². The van der Waals surface area contributed by atoms with Crippen molar-refractivity contribution in [3.63, 3.8) is 0 Å². The number of sulfone groups is 1. The lowest BCUT2D eigenvalue weighted by atomic mass is 9.89. The number of rotatable bonds is 7. The number of nitrogens with one attached hydrogen (secondary N) is 1. The van der Waals surface area contributed by atoms with Crippen LogP contribution in [0.25, 0.3) is 0 Å². The van der Waals surface area contributed by atoms with Crippen LogP contribution in [0.3, 0.4) is 0 Å². The maximum absolute atomic E-state index is 14.3. The zero-order chi connectivity index (χ0) is 26.6. The highest BCUT2D eigenvalue weighted by Crippen LogP contribution is 2.30. The molecule has 37 heavy (non-hydrogen) atoms. The Hall–Kier alpha value is -3.52. The van der Waals surface area contributed by atoms with Gasteiger partial charge < -0.3 is 10.2 Å². The van der Waals surface area contributed by atoms with Crippen LogP contribution in [0.15, 0.2) is 77.7 Å². The minimum absolute atomic E-state index is 0.0413. The number of carbonyl (C=O) groups excluding carboxylic acids is 2. The van der Waals surface area contributed by atoms with E-state index in [9.17, 15) is 22.4 Å². The predicted octanol–water partition coefficient (Wildman–Crippen LogP) is 5.38. The molecular weight excluding hydrogens is 491 g/mol. The Balaban J connectivity index is 1.36. The molecule has 1 fully saturated rings. The Morgan fingerprint density at radius 1 is 1.00 bits per heavy atom. The Bertz CT molecular complexity index is 1370. The molecule has 1 aliphatic heterocycles. The smallest absolute Gasteiger partial charge is 0.256 e. The van der Waals surface area contributed by atoms with Gasteiger partial charge >= 0.3 is 0 Å². The first-order chi connectivity index (χ1) is 17.7. The number of piperidine rings is 1. The van der Waals surface area contributed by atoms with Gasteiger partial charge in [-0.15, -0.1) is 0 Å². The van der Waals surface area contributed by atoms with Crippen LogP contribution in [0.1, 0.15) is 59.5 Å². The minimum atomic E-state index is -3.55. The number of nitrogens with zero attached hydrogens (tertiary/aromatic N) is 1. The van der Waals surface area contributed by atoms with E-state index in [0.29, 0.717) is 32.4 Å². The molecule has 1 unspecified atom stereocenters. The number of hydrogen-bond acceptors (Lipinski definition) is 4. The van der Waals surface area contributed by atoms with Crippen molar-refractivity contribution in [2.75, 3.05) is 24.7 Å². The Morgan fingerprint density at radius 2 is 1.65 bits per heavy atom. The molecule has 2 amide bonds.